The first kappa shape index (κ1) is 29.2. The molecule has 0 saturated heterocycles. The molecule has 9 nitrogen and oxygen atoms in total. The van der Waals surface area contributed by atoms with Crippen LogP contribution in [0.15, 0.2) is 12.3 Å². The lowest BCUT2D eigenvalue weighted by Gasteiger charge is -2.11. The molecular weight excluding hydrogens is 440 g/mol. The normalized spacial score (nSPS) is 10.4. The van der Waals surface area contributed by atoms with E-state index in [1.165, 1.54) is 45.1 Å². The average molecular weight is 481 g/mol. The van der Waals surface area contributed by atoms with Gasteiger partial charge < -0.3 is 24.3 Å². The molecule has 0 bridgehead atoms. The molecule has 1 aromatic heterocycles. The summed E-state index contributed by atoms with van der Waals surface area (Å²) in [7, 11) is 1.37. The second-order valence-corrected chi connectivity index (χ2v) is 8.01. The Morgan fingerprint density at radius 3 is 2.06 bits per heavy atom. The first-order valence-corrected chi connectivity index (χ1v) is 12.3. The van der Waals surface area contributed by atoms with Crippen molar-refractivity contribution in [1.82, 2.24) is 10.3 Å². The van der Waals surface area contributed by atoms with E-state index in [1.807, 2.05) is 0 Å². The zero-order chi connectivity index (χ0) is 25.0. The molecule has 0 saturated carbocycles. The molecule has 0 radical (unpaired) electrons. The lowest BCUT2D eigenvalue weighted by molar-refractivity contribution is -0.142. The number of ether oxygens (including phenoxy) is 4. The standard InChI is InChI=1S/C25H40N2O7/c1-4-6-8-10-12-13-15-32-22(28)19-27-25(30)34-23-21(31-3)17-20(18-26-23)24(29)33-16-14-11-9-7-5-2/h17-18H,4-16,19H2,1-3H3,(H,27,30). The summed E-state index contributed by atoms with van der Waals surface area (Å²) >= 11 is 0. The highest BCUT2D eigenvalue weighted by Gasteiger charge is 2.17. The van der Waals surface area contributed by atoms with Gasteiger partial charge in [-0.3, -0.25) is 4.79 Å². The molecule has 34 heavy (non-hydrogen) atoms. The van der Waals surface area contributed by atoms with E-state index in [0.717, 1.165) is 44.9 Å². The van der Waals surface area contributed by atoms with Gasteiger partial charge in [-0.05, 0) is 12.8 Å². The fourth-order valence-corrected chi connectivity index (χ4v) is 3.11. The summed E-state index contributed by atoms with van der Waals surface area (Å²) in [5.74, 6) is -1.10. The number of methoxy groups -OCH3 is 1. The minimum absolute atomic E-state index is 0.0956. The molecule has 9 heteroatoms. The summed E-state index contributed by atoms with van der Waals surface area (Å²) in [6.07, 6.45) is 12.2. The number of rotatable bonds is 18. The summed E-state index contributed by atoms with van der Waals surface area (Å²) in [6, 6.07) is 1.39. The van der Waals surface area contributed by atoms with E-state index < -0.39 is 18.0 Å². The number of pyridine rings is 1. The van der Waals surface area contributed by atoms with Gasteiger partial charge in [-0.25, -0.2) is 14.6 Å². The molecule has 1 aromatic rings. The van der Waals surface area contributed by atoms with Crippen molar-refractivity contribution in [3.8, 4) is 11.6 Å². The third kappa shape index (κ3) is 13.0. The Morgan fingerprint density at radius 1 is 0.853 bits per heavy atom. The van der Waals surface area contributed by atoms with E-state index in [4.69, 9.17) is 18.9 Å². The predicted molar refractivity (Wildman–Crippen MR) is 128 cm³/mol. The van der Waals surface area contributed by atoms with Crippen molar-refractivity contribution in [2.24, 2.45) is 0 Å². The van der Waals surface area contributed by atoms with Gasteiger partial charge in [-0.1, -0.05) is 71.6 Å². The number of nitrogens with zero attached hydrogens (tertiary/aromatic N) is 1. The summed E-state index contributed by atoms with van der Waals surface area (Å²) in [5.41, 5.74) is 0.191. The zero-order valence-corrected chi connectivity index (χ0v) is 20.9. The highest BCUT2D eigenvalue weighted by atomic mass is 16.6. The van der Waals surface area contributed by atoms with Crippen molar-refractivity contribution in [2.45, 2.75) is 84.5 Å². The van der Waals surface area contributed by atoms with Crippen molar-refractivity contribution >= 4 is 18.0 Å². The van der Waals surface area contributed by atoms with Gasteiger partial charge >= 0.3 is 18.0 Å². The number of unbranched alkanes of at least 4 members (excludes halogenated alkanes) is 9. The van der Waals surface area contributed by atoms with E-state index in [9.17, 15) is 14.4 Å². The molecule has 0 aromatic carbocycles. The molecule has 192 valence electrons. The quantitative estimate of drug-likeness (QED) is 0.225. The van der Waals surface area contributed by atoms with Crippen molar-refractivity contribution in [1.29, 1.82) is 0 Å². The molecule has 0 aliphatic rings. The van der Waals surface area contributed by atoms with Crippen LogP contribution in [0.2, 0.25) is 0 Å². The van der Waals surface area contributed by atoms with Crippen LogP contribution < -0.4 is 14.8 Å². The molecule has 0 aliphatic heterocycles. The van der Waals surface area contributed by atoms with Gasteiger partial charge in [0.15, 0.2) is 5.75 Å². The van der Waals surface area contributed by atoms with Crippen molar-refractivity contribution in [2.75, 3.05) is 26.9 Å². The number of nitrogens with one attached hydrogen (secondary N) is 1. The summed E-state index contributed by atoms with van der Waals surface area (Å²) in [5, 5.41) is 2.31. The Morgan fingerprint density at radius 2 is 1.44 bits per heavy atom. The molecule has 0 unspecified atom stereocenters. The maximum Gasteiger partial charge on any atom is 0.414 e. The molecule has 1 amide bonds. The molecule has 1 heterocycles. The Hall–Kier alpha value is -2.84. The number of hydrogen-bond donors (Lipinski definition) is 1. The van der Waals surface area contributed by atoms with E-state index >= 15 is 0 Å². The maximum atomic E-state index is 12.2. The fourth-order valence-electron chi connectivity index (χ4n) is 3.11. The van der Waals surface area contributed by atoms with E-state index in [2.05, 4.69) is 24.1 Å². The van der Waals surface area contributed by atoms with Crippen LogP contribution in [0.25, 0.3) is 0 Å². The molecule has 0 fully saturated rings. The fraction of sp³-hybridized carbons (Fsp3) is 0.680. The van der Waals surface area contributed by atoms with Crippen LogP contribution in [0, 0.1) is 0 Å². The Kier molecular flexibility index (Phi) is 15.9. The zero-order valence-electron chi connectivity index (χ0n) is 20.9. The second kappa shape index (κ2) is 18.6. The summed E-state index contributed by atoms with van der Waals surface area (Å²) in [6.45, 7) is 4.64. The lowest BCUT2D eigenvalue weighted by Crippen LogP contribution is -2.33. The van der Waals surface area contributed by atoms with Crippen LogP contribution in [0.1, 0.15) is 94.8 Å². The predicted octanol–water partition coefficient (Wildman–Crippen LogP) is 5.21. The molecule has 1 N–H and O–H groups in total. The molecule has 0 atom stereocenters. The topological polar surface area (TPSA) is 113 Å². The Labute approximate surface area is 202 Å². The minimum atomic E-state index is -0.885. The maximum absolute atomic E-state index is 12.2. The Balaban J connectivity index is 2.36. The van der Waals surface area contributed by atoms with Gasteiger partial charge in [-0.2, -0.15) is 0 Å². The number of esters is 2. The van der Waals surface area contributed by atoms with Gasteiger partial charge in [0.1, 0.15) is 6.54 Å². The number of aromatic nitrogens is 1. The van der Waals surface area contributed by atoms with Crippen LogP contribution >= 0.6 is 0 Å². The second-order valence-electron chi connectivity index (χ2n) is 8.01. The van der Waals surface area contributed by atoms with Crippen LogP contribution in [-0.2, 0) is 14.3 Å². The molecule has 0 spiro atoms. The van der Waals surface area contributed by atoms with Gasteiger partial charge in [0.2, 0.25) is 0 Å². The van der Waals surface area contributed by atoms with Crippen molar-refractivity contribution in [3.05, 3.63) is 17.8 Å². The largest absolute Gasteiger partial charge is 0.491 e. The first-order chi connectivity index (χ1) is 16.5. The third-order valence-corrected chi connectivity index (χ3v) is 5.08. The first-order valence-electron chi connectivity index (χ1n) is 12.3. The number of hydrogen-bond acceptors (Lipinski definition) is 8. The van der Waals surface area contributed by atoms with Crippen LogP contribution in [0.5, 0.6) is 11.6 Å². The third-order valence-electron chi connectivity index (χ3n) is 5.08. The van der Waals surface area contributed by atoms with Crippen LogP contribution in [-0.4, -0.2) is 49.9 Å². The highest BCUT2D eigenvalue weighted by Crippen LogP contribution is 2.25. The molecular formula is C25H40N2O7. The SMILES string of the molecule is CCCCCCCCOC(=O)CNC(=O)Oc1ncc(C(=O)OCCCCCCC)cc1OC. The van der Waals surface area contributed by atoms with E-state index in [0.29, 0.717) is 13.2 Å². The smallest absolute Gasteiger partial charge is 0.414 e. The van der Waals surface area contributed by atoms with Crippen molar-refractivity contribution in [3.63, 3.8) is 0 Å². The van der Waals surface area contributed by atoms with Crippen molar-refractivity contribution < 1.29 is 33.3 Å². The summed E-state index contributed by atoms with van der Waals surface area (Å²) in [4.78, 5) is 39.9. The van der Waals surface area contributed by atoms with Gasteiger partial charge in [0, 0.05) is 12.3 Å². The Bertz CT molecular complexity index is 740. The molecule has 0 aliphatic carbocycles. The van der Waals surface area contributed by atoms with E-state index in [-0.39, 0.29) is 23.7 Å². The van der Waals surface area contributed by atoms with Gasteiger partial charge in [0.05, 0.1) is 25.9 Å². The number of amides is 1. The number of carbonyl (C=O) groups is 3. The highest BCUT2D eigenvalue weighted by molar-refractivity contribution is 5.89. The van der Waals surface area contributed by atoms with Crippen LogP contribution in [0.4, 0.5) is 4.79 Å². The van der Waals surface area contributed by atoms with Gasteiger partial charge in [0.25, 0.3) is 5.88 Å². The molecule has 1 rings (SSSR count). The minimum Gasteiger partial charge on any atom is -0.491 e. The van der Waals surface area contributed by atoms with Gasteiger partial charge in [-0.15, -0.1) is 0 Å². The van der Waals surface area contributed by atoms with E-state index in [1.54, 1.807) is 0 Å². The monoisotopic (exact) mass is 480 g/mol. The lowest BCUT2D eigenvalue weighted by atomic mass is 10.1. The van der Waals surface area contributed by atoms with Crippen LogP contribution in [0.3, 0.4) is 0 Å². The average Bonchev–Trinajstić information content (AvgIpc) is 2.84. The number of carbonyl (C=O) groups excluding carboxylic acids is 3. The summed E-state index contributed by atoms with van der Waals surface area (Å²) < 4.78 is 20.6.